The predicted octanol–water partition coefficient (Wildman–Crippen LogP) is 3.86. The van der Waals surface area contributed by atoms with Gasteiger partial charge in [-0.1, -0.05) is 6.07 Å². The van der Waals surface area contributed by atoms with Crippen LogP contribution in [0.4, 0.5) is 4.39 Å². The summed E-state index contributed by atoms with van der Waals surface area (Å²) in [6.45, 7) is 1.88. The summed E-state index contributed by atoms with van der Waals surface area (Å²) in [4.78, 5) is 11.8. The van der Waals surface area contributed by atoms with Crippen molar-refractivity contribution in [2.45, 2.75) is 6.92 Å². The molecule has 3 rings (SSSR count). The number of aromatic nitrogens is 1. The van der Waals surface area contributed by atoms with Crippen molar-refractivity contribution in [3.8, 4) is 5.69 Å². The van der Waals surface area contributed by atoms with Gasteiger partial charge in [0.2, 0.25) is 0 Å². The second-order valence-electron chi connectivity index (χ2n) is 4.83. The summed E-state index contributed by atoms with van der Waals surface area (Å²) < 4.78 is 19.8. The van der Waals surface area contributed by atoms with Crippen LogP contribution in [0.3, 0.4) is 0 Å². The maximum absolute atomic E-state index is 13.1. The van der Waals surface area contributed by atoms with E-state index in [4.69, 9.17) is 4.74 Å². The molecule has 0 aliphatic heterocycles. The molecule has 0 saturated carbocycles. The average molecular weight is 283 g/mol. The summed E-state index contributed by atoms with van der Waals surface area (Å²) in [5.41, 5.74) is 3.14. The van der Waals surface area contributed by atoms with E-state index >= 15 is 0 Å². The summed E-state index contributed by atoms with van der Waals surface area (Å²) in [6.07, 6.45) is 1.91. The molecule has 2 aromatic carbocycles. The molecular weight excluding hydrogens is 269 g/mol. The van der Waals surface area contributed by atoms with Crippen molar-refractivity contribution >= 4 is 16.9 Å². The van der Waals surface area contributed by atoms with Crippen LogP contribution in [-0.4, -0.2) is 17.6 Å². The molecule has 106 valence electrons. The van der Waals surface area contributed by atoms with Crippen molar-refractivity contribution < 1.29 is 13.9 Å². The molecule has 0 N–H and O–H groups in total. The van der Waals surface area contributed by atoms with Crippen LogP contribution in [0, 0.1) is 12.7 Å². The monoisotopic (exact) mass is 283 g/mol. The smallest absolute Gasteiger partial charge is 0.338 e. The molecule has 0 amide bonds. The zero-order valence-corrected chi connectivity index (χ0v) is 11.8. The van der Waals surface area contributed by atoms with Crippen molar-refractivity contribution in [1.82, 2.24) is 4.57 Å². The Morgan fingerprint density at radius 1 is 1.10 bits per heavy atom. The fourth-order valence-electron chi connectivity index (χ4n) is 2.55. The van der Waals surface area contributed by atoms with E-state index < -0.39 is 0 Å². The van der Waals surface area contributed by atoms with Crippen molar-refractivity contribution in [3.05, 3.63) is 65.6 Å². The SMILES string of the molecule is COC(=O)c1ccc2ccn(-c3ccc(F)cc3)c2c1C. The fraction of sp³-hybridized carbons (Fsp3) is 0.118. The lowest BCUT2D eigenvalue weighted by Crippen LogP contribution is -2.05. The van der Waals surface area contributed by atoms with Gasteiger partial charge in [-0.2, -0.15) is 0 Å². The third-order valence-electron chi connectivity index (χ3n) is 3.62. The molecule has 0 aliphatic carbocycles. The van der Waals surface area contributed by atoms with E-state index in [-0.39, 0.29) is 11.8 Å². The first kappa shape index (κ1) is 13.4. The number of carbonyl (C=O) groups is 1. The van der Waals surface area contributed by atoms with Crippen molar-refractivity contribution in [2.75, 3.05) is 7.11 Å². The number of rotatable bonds is 2. The molecule has 0 fully saturated rings. The van der Waals surface area contributed by atoms with Crippen LogP contribution >= 0.6 is 0 Å². The molecule has 0 atom stereocenters. The van der Waals surface area contributed by atoms with Crippen LogP contribution in [0.5, 0.6) is 0 Å². The van der Waals surface area contributed by atoms with Crippen molar-refractivity contribution in [1.29, 1.82) is 0 Å². The highest BCUT2D eigenvalue weighted by molar-refractivity contribution is 5.98. The highest BCUT2D eigenvalue weighted by atomic mass is 19.1. The van der Waals surface area contributed by atoms with Crippen LogP contribution in [-0.2, 0) is 4.74 Å². The number of fused-ring (bicyclic) bond motifs is 1. The highest BCUT2D eigenvalue weighted by Crippen LogP contribution is 2.26. The Balaban J connectivity index is 2.25. The Kier molecular flexibility index (Phi) is 3.22. The molecule has 21 heavy (non-hydrogen) atoms. The molecule has 0 radical (unpaired) electrons. The minimum Gasteiger partial charge on any atom is -0.465 e. The van der Waals surface area contributed by atoms with E-state index in [9.17, 15) is 9.18 Å². The highest BCUT2D eigenvalue weighted by Gasteiger charge is 2.14. The molecule has 3 aromatic rings. The van der Waals surface area contributed by atoms with Crippen LogP contribution in [0.15, 0.2) is 48.7 Å². The van der Waals surface area contributed by atoms with E-state index in [1.165, 1.54) is 19.2 Å². The number of esters is 1. The van der Waals surface area contributed by atoms with Gasteiger partial charge in [-0.3, -0.25) is 0 Å². The van der Waals surface area contributed by atoms with Gasteiger partial charge >= 0.3 is 5.97 Å². The van der Waals surface area contributed by atoms with Crippen LogP contribution in [0.2, 0.25) is 0 Å². The number of halogens is 1. The molecule has 0 spiro atoms. The van der Waals surface area contributed by atoms with Gasteiger partial charge in [0.15, 0.2) is 0 Å². The molecular formula is C17H14FNO2. The van der Waals surface area contributed by atoms with Crippen molar-refractivity contribution in [2.24, 2.45) is 0 Å². The first-order chi connectivity index (χ1) is 10.1. The first-order valence-electron chi connectivity index (χ1n) is 6.56. The molecule has 0 unspecified atom stereocenters. The average Bonchev–Trinajstić information content (AvgIpc) is 2.92. The second kappa shape index (κ2) is 5.05. The van der Waals surface area contributed by atoms with Gasteiger partial charge in [0.1, 0.15) is 5.82 Å². The topological polar surface area (TPSA) is 31.2 Å². The lowest BCUT2D eigenvalue weighted by Gasteiger charge is -2.10. The number of ether oxygens (including phenoxy) is 1. The number of carbonyl (C=O) groups excluding carboxylic acids is 1. The lowest BCUT2D eigenvalue weighted by atomic mass is 10.1. The summed E-state index contributed by atoms with van der Waals surface area (Å²) >= 11 is 0. The Labute approximate surface area is 121 Å². The Morgan fingerprint density at radius 2 is 1.81 bits per heavy atom. The van der Waals surface area contributed by atoms with Gasteiger partial charge < -0.3 is 9.30 Å². The molecule has 0 bridgehead atoms. The van der Waals surface area contributed by atoms with Gasteiger partial charge in [0.25, 0.3) is 0 Å². The third kappa shape index (κ3) is 2.18. The number of hydrogen-bond donors (Lipinski definition) is 0. The Hall–Kier alpha value is -2.62. The third-order valence-corrected chi connectivity index (χ3v) is 3.62. The summed E-state index contributed by atoms with van der Waals surface area (Å²) in [7, 11) is 1.37. The standard InChI is InChI=1S/C17H14FNO2/c1-11-15(17(20)21-2)8-3-12-9-10-19(16(11)12)14-6-4-13(18)5-7-14/h3-10H,1-2H3. The van der Waals surface area contributed by atoms with Gasteiger partial charge in [-0.15, -0.1) is 0 Å². The number of nitrogens with zero attached hydrogens (tertiary/aromatic N) is 1. The van der Waals surface area contributed by atoms with Gasteiger partial charge in [-0.25, -0.2) is 9.18 Å². The van der Waals surface area contributed by atoms with Crippen LogP contribution in [0.1, 0.15) is 15.9 Å². The number of methoxy groups -OCH3 is 1. The Morgan fingerprint density at radius 3 is 2.48 bits per heavy atom. The zero-order valence-electron chi connectivity index (χ0n) is 11.8. The zero-order chi connectivity index (χ0) is 15.0. The van der Waals surface area contributed by atoms with Gasteiger partial charge in [-0.05, 0) is 48.9 Å². The summed E-state index contributed by atoms with van der Waals surface area (Å²) in [5.74, 6) is -0.636. The lowest BCUT2D eigenvalue weighted by molar-refractivity contribution is 0.0600. The Bertz CT molecular complexity index is 819. The summed E-state index contributed by atoms with van der Waals surface area (Å²) in [5, 5.41) is 1.02. The first-order valence-corrected chi connectivity index (χ1v) is 6.56. The fourth-order valence-corrected chi connectivity index (χ4v) is 2.55. The van der Waals surface area contributed by atoms with E-state index in [0.717, 1.165) is 22.2 Å². The second-order valence-corrected chi connectivity index (χ2v) is 4.83. The molecule has 4 heteroatoms. The summed E-state index contributed by atoms with van der Waals surface area (Å²) in [6, 6.07) is 11.9. The largest absolute Gasteiger partial charge is 0.465 e. The van der Waals surface area contributed by atoms with Gasteiger partial charge in [0, 0.05) is 17.3 Å². The maximum Gasteiger partial charge on any atom is 0.338 e. The molecule has 3 nitrogen and oxygen atoms in total. The number of aryl methyl sites for hydroxylation is 1. The number of hydrogen-bond acceptors (Lipinski definition) is 2. The molecule has 0 saturated heterocycles. The predicted molar refractivity (Wildman–Crippen MR) is 79.3 cm³/mol. The van der Waals surface area contributed by atoms with Gasteiger partial charge in [0.05, 0.1) is 18.2 Å². The minimum absolute atomic E-state index is 0.276. The molecule has 1 aromatic heterocycles. The van der Waals surface area contributed by atoms with E-state index in [2.05, 4.69) is 0 Å². The van der Waals surface area contributed by atoms with Crippen LogP contribution < -0.4 is 0 Å². The normalized spacial score (nSPS) is 10.8. The number of benzene rings is 2. The van der Waals surface area contributed by atoms with Crippen LogP contribution in [0.25, 0.3) is 16.6 Å². The molecule has 0 aliphatic rings. The minimum atomic E-state index is -0.360. The van der Waals surface area contributed by atoms with Crippen molar-refractivity contribution in [3.63, 3.8) is 0 Å². The quantitative estimate of drug-likeness (QED) is 0.669. The van der Waals surface area contributed by atoms with E-state index in [1.54, 1.807) is 18.2 Å². The van der Waals surface area contributed by atoms with E-state index in [0.29, 0.717) is 5.56 Å². The van der Waals surface area contributed by atoms with E-state index in [1.807, 2.05) is 29.8 Å². The maximum atomic E-state index is 13.1. The molecule has 1 heterocycles.